The standard InChI is InChI=1S/C18H15N3O3/c1-11-7-8-13-17(24)14(16(23)12-5-3-2-4-6-12)9-21(10-15(19)22)18(13)20-11/h2-9H,10H2,1H3,(H2,19,22). The maximum Gasteiger partial charge on any atom is 0.237 e. The smallest absolute Gasteiger partial charge is 0.237 e. The number of aryl methyl sites for hydroxylation is 1. The number of amides is 1. The van der Waals surface area contributed by atoms with E-state index in [1.54, 1.807) is 49.4 Å². The van der Waals surface area contributed by atoms with Crippen molar-refractivity contribution in [3.8, 4) is 0 Å². The van der Waals surface area contributed by atoms with E-state index in [1.807, 2.05) is 0 Å². The number of benzene rings is 1. The van der Waals surface area contributed by atoms with Crippen molar-refractivity contribution in [3.05, 3.63) is 75.7 Å². The van der Waals surface area contributed by atoms with Crippen LogP contribution in [0, 0.1) is 6.92 Å². The molecule has 0 fully saturated rings. The molecule has 1 aromatic carbocycles. The van der Waals surface area contributed by atoms with Crippen molar-refractivity contribution < 1.29 is 9.59 Å². The molecule has 2 aromatic heterocycles. The van der Waals surface area contributed by atoms with E-state index in [-0.39, 0.29) is 17.5 Å². The second kappa shape index (κ2) is 6.08. The molecule has 2 N–H and O–H groups in total. The second-order valence-electron chi connectivity index (χ2n) is 5.49. The van der Waals surface area contributed by atoms with Crippen molar-refractivity contribution in [1.29, 1.82) is 0 Å². The number of hydrogen-bond acceptors (Lipinski definition) is 4. The Morgan fingerprint density at radius 3 is 2.50 bits per heavy atom. The number of nitrogens with zero attached hydrogens (tertiary/aromatic N) is 2. The lowest BCUT2D eigenvalue weighted by Gasteiger charge is -2.11. The fourth-order valence-corrected chi connectivity index (χ4v) is 2.56. The Balaban J connectivity index is 2.27. The summed E-state index contributed by atoms with van der Waals surface area (Å²) in [4.78, 5) is 41.0. The first-order chi connectivity index (χ1) is 11.5. The van der Waals surface area contributed by atoms with Crippen molar-refractivity contribution in [3.63, 3.8) is 0 Å². The molecule has 2 heterocycles. The molecule has 0 unspecified atom stereocenters. The highest BCUT2D eigenvalue weighted by Gasteiger charge is 2.18. The number of pyridine rings is 2. The minimum absolute atomic E-state index is 0.0133. The zero-order valence-electron chi connectivity index (χ0n) is 13.0. The lowest BCUT2D eigenvalue weighted by molar-refractivity contribution is -0.118. The predicted octanol–water partition coefficient (Wildman–Crippen LogP) is 1.42. The van der Waals surface area contributed by atoms with E-state index in [1.165, 1.54) is 10.8 Å². The number of hydrogen-bond donors (Lipinski definition) is 1. The van der Waals surface area contributed by atoms with E-state index >= 15 is 0 Å². The van der Waals surface area contributed by atoms with Crippen LogP contribution in [0.15, 0.2) is 53.5 Å². The average molecular weight is 321 g/mol. The van der Waals surface area contributed by atoms with E-state index in [9.17, 15) is 14.4 Å². The Kier molecular flexibility index (Phi) is 3.95. The van der Waals surface area contributed by atoms with Gasteiger partial charge in [0.25, 0.3) is 0 Å². The van der Waals surface area contributed by atoms with Gasteiger partial charge in [-0.15, -0.1) is 0 Å². The van der Waals surface area contributed by atoms with Crippen LogP contribution in [0.1, 0.15) is 21.6 Å². The maximum absolute atomic E-state index is 12.7. The van der Waals surface area contributed by atoms with E-state index in [2.05, 4.69) is 4.98 Å². The van der Waals surface area contributed by atoms with Gasteiger partial charge >= 0.3 is 0 Å². The first-order valence-electron chi connectivity index (χ1n) is 7.36. The van der Waals surface area contributed by atoms with Crippen LogP contribution in [-0.2, 0) is 11.3 Å². The summed E-state index contributed by atoms with van der Waals surface area (Å²) in [6, 6.07) is 11.8. The minimum Gasteiger partial charge on any atom is -0.368 e. The van der Waals surface area contributed by atoms with Gasteiger partial charge in [-0.3, -0.25) is 14.4 Å². The van der Waals surface area contributed by atoms with Gasteiger partial charge in [0, 0.05) is 17.5 Å². The SMILES string of the molecule is Cc1ccc2c(=O)c(C(=O)c3ccccc3)cn(CC(N)=O)c2n1. The average Bonchev–Trinajstić information content (AvgIpc) is 2.57. The van der Waals surface area contributed by atoms with Gasteiger partial charge in [0.1, 0.15) is 12.2 Å². The molecule has 0 radical (unpaired) electrons. The molecule has 0 saturated carbocycles. The molecule has 3 aromatic rings. The summed E-state index contributed by atoms with van der Waals surface area (Å²) in [6.07, 6.45) is 1.36. The highest BCUT2D eigenvalue weighted by atomic mass is 16.1. The first-order valence-corrected chi connectivity index (χ1v) is 7.36. The number of aromatic nitrogens is 2. The predicted molar refractivity (Wildman–Crippen MR) is 89.8 cm³/mol. The van der Waals surface area contributed by atoms with Crippen molar-refractivity contribution in [2.45, 2.75) is 13.5 Å². The number of fused-ring (bicyclic) bond motifs is 1. The molecule has 6 nitrogen and oxygen atoms in total. The van der Waals surface area contributed by atoms with Crippen LogP contribution in [0.4, 0.5) is 0 Å². The Morgan fingerprint density at radius 1 is 1.12 bits per heavy atom. The van der Waals surface area contributed by atoms with Gasteiger partial charge in [0.2, 0.25) is 11.3 Å². The van der Waals surface area contributed by atoms with Gasteiger partial charge in [-0.1, -0.05) is 30.3 Å². The molecular formula is C18H15N3O3. The van der Waals surface area contributed by atoms with Gasteiger partial charge in [0.05, 0.1) is 10.9 Å². The maximum atomic E-state index is 12.7. The van der Waals surface area contributed by atoms with Crippen molar-refractivity contribution in [2.75, 3.05) is 0 Å². The summed E-state index contributed by atoms with van der Waals surface area (Å²) >= 11 is 0. The Labute approximate surface area is 137 Å². The molecule has 0 atom stereocenters. The Bertz CT molecular complexity index is 1010. The van der Waals surface area contributed by atoms with Gasteiger partial charge in [0.15, 0.2) is 5.78 Å². The molecule has 0 aliphatic heterocycles. The van der Waals surface area contributed by atoms with Crippen LogP contribution in [0.5, 0.6) is 0 Å². The molecule has 3 rings (SSSR count). The summed E-state index contributed by atoms with van der Waals surface area (Å²) in [5.41, 5.74) is 6.29. The van der Waals surface area contributed by atoms with Crippen LogP contribution >= 0.6 is 0 Å². The number of primary amides is 1. The van der Waals surface area contributed by atoms with Gasteiger partial charge in [-0.2, -0.15) is 0 Å². The van der Waals surface area contributed by atoms with Gasteiger partial charge < -0.3 is 10.3 Å². The van der Waals surface area contributed by atoms with Crippen molar-refractivity contribution in [1.82, 2.24) is 9.55 Å². The fraction of sp³-hybridized carbons (Fsp3) is 0.111. The lowest BCUT2D eigenvalue weighted by Crippen LogP contribution is -2.25. The van der Waals surface area contributed by atoms with E-state index in [0.29, 0.717) is 16.9 Å². The van der Waals surface area contributed by atoms with E-state index in [0.717, 1.165) is 0 Å². The Morgan fingerprint density at radius 2 is 1.83 bits per heavy atom. The highest BCUT2D eigenvalue weighted by molar-refractivity contribution is 6.10. The molecule has 0 aliphatic carbocycles. The molecule has 0 spiro atoms. The Hall–Kier alpha value is -3.28. The lowest BCUT2D eigenvalue weighted by atomic mass is 10.0. The van der Waals surface area contributed by atoms with Crippen LogP contribution in [0.3, 0.4) is 0 Å². The molecule has 0 bridgehead atoms. The van der Waals surface area contributed by atoms with Crippen LogP contribution in [0.2, 0.25) is 0 Å². The number of nitrogens with two attached hydrogens (primary N) is 1. The van der Waals surface area contributed by atoms with Gasteiger partial charge in [-0.05, 0) is 19.1 Å². The number of carbonyl (C=O) groups is 2. The number of ketones is 1. The number of carbonyl (C=O) groups excluding carboxylic acids is 2. The zero-order chi connectivity index (χ0) is 17.3. The van der Waals surface area contributed by atoms with Crippen LogP contribution in [-0.4, -0.2) is 21.2 Å². The van der Waals surface area contributed by atoms with Gasteiger partial charge in [-0.25, -0.2) is 4.98 Å². The topological polar surface area (TPSA) is 95.0 Å². The third-order valence-electron chi connectivity index (χ3n) is 3.67. The molecule has 0 saturated heterocycles. The molecule has 1 amide bonds. The highest BCUT2D eigenvalue weighted by Crippen LogP contribution is 2.13. The monoisotopic (exact) mass is 321 g/mol. The van der Waals surface area contributed by atoms with E-state index < -0.39 is 17.1 Å². The van der Waals surface area contributed by atoms with Crippen molar-refractivity contribution >= 4 is 22.7 Å². The van der Waals surface area contributed by atoms with E-state index in [4.69, 9.17) is 5.73 Å². The largest absolute Gasteiger partial charge is 0.368 e. The summed E-state index contributed by atoms with van der Waals surface area (Å²) < 4.78 is 1.45. The minimum atomic E-state index is -0.582. The second-order valence-corrected chi connectivity index (χ2v) is 5.49. The third kappa shape index (κ3) is 2.81. The zero-order valence-corrected chi connectivity index (χ0v) is 13.0. The van der Waals surface area contributed by atoms with Crippen LogP contribution < -0.4 is 11.2 Å². The third-order valence-corrected chi connectivity index (χ3v) is 3.67. The molecule has 0 aliphatic rings. The first kappa shape index (κ1) is 15.6. The number of rotatable bonds is 4. The molecular weight excluding hydrogens is 306 g/mol. The van der Waals surface area contributed by atoms with Crippen molar-refractivity contribution in [2.24, 2.45) is 5.73 Å². The fourth-order valence-electron chi connectivity index (χ4n) is 2.56. The summed E-state index contributed by atoms with van der Waals surface area (Å²) in [7, 11) is 0. The normalized spacial score (nSPS) is 10.7. The molecule has 120 valence electrons. The van der Waals surface area contributed by atoms with Crippen LogP contribution in [0.25, 0.3) is 11.0 Å². The quantitative estimate of drug-likeness (QED) is 0.735. The molecule has 24 heavy (non-hydrogen) atoms. The summed E-state index contributed by atoms with van der Waals surface area (Å²) in [5.74, 6) is -0.984. The summed E-state index contributed by atoms with van der Waals surface area (Å²) in [6.45, 7) is 1.61. The summed E-state index contributed by atoms with van der Waals surface area (Å²) in [5, 5.41) is 0.281. The molecule has 6 heteroatoms.